The highest BCUT2D eigenvalue weighted by atomic mass is 16.3. The lowest BCUT2D eigenvalue weighted by Crippen LogP contribution is -2.53. The monoisotopic (exact) mass is 322 g/mol. The van der Waals surface area contributed by atoms with Crippen molar-refractivity contribution in [3.63, 3.8) is 0 Å². The van der Waals surface area contributed by atoms with Crippen LogP contribution in [-0.2, 0) is 0 Å². The van der Waals surface area contributed by atoms with Gasteiger partial charge < -0.3 is 10.0 Å². The Bertz CT molecular complexity index is 713. The van der Waals surface area contributed by atoms with Crippen LogP contribution in [0.4, 0.5) is 5.82 Å². The van der Waals surface area contributed by atoms with E-state index in [1.807, 2.05) is 30.3 Å². The molecule has 0 amide bonds. The second-order valence-electron chi connectivity index (χ2n) is 6.20. The average molecular weight is 322 g/mol. The quantitative estimate of drug-likeness (QED) is 0.935. The van der Waals surface area contributed by atoms with E-state index in [0.717, 1.165) is 31.0 Å². The van der Waals surface area contributed by atoms with E-state index in [1.165, 1.54) is 0 Å². The summed E-state index contributed by atoms with van der Waals surface area (Å²) in [6.07, 6.45) is 1.25. The zero-order valence-electron chi connectivity index (χ0n) is 13.8. The van der Waals surface area contributed by atoms with Crippen molar-refractivity contribution in [2.45, 2.75) is 19.1 Å². The number of nitrogens with zero attached hydrogens (tertiary/aromatic N) is 4. The molecule has 5 heteroatoms. The third kappa shape index (κ3) is 3.56. The number of benzene rings is 1. The minimum Gasteiger partial charge on any atom is -0.387 e. The lowest BCUT2D eigenvalue weighted by molar-refractivity contribution is 0.0848. The summed E-state index contributed by atoms with van der Waals surface area (Å²) in [5.74, 6) is 0.759. The summed E-state index contributed by atoms with van der Waals surface area (Å²) in [5, 5.41) is 19.7. The number of aliphatic hydroxyl groups is 1. The van der Waals surface area contributed by atoms with Crippen LogP contribution < -0.4 is 4.90 Å². The molecule has 0 bridgehead atoms. The minimum absolute atomic E-state index is 0.283. The van der Waals surface area contributed by atoms with Crippen molar-refractivity contribution in [3.05, 3.63) is 59.8 Å². The maximum Gasteiger partial charge on any atom is 0.146 e. The van der Waals surface area contributed by atoms with Crippen molar-refractivity contribution in [3.8, 4) is 6.07 Å². The lowest BCUT2D eigenvalue weighted by atomic mass is 10.1. The molecule has 24 heavy (non-hydrogen) atoms. The molecule has 1 aliphatic rings. The van der Waals surface area contributed by atoms with Crippen LogP contribution in [0.3, 0.4) is 0 Å². The number of hydrogen-bond acceptors (Lipinski definition) is 5. The van der Waals surface area contributed by atoms with Crippen molar-refractivity contribution >= 4 is 5.82 Å². The minimum atomic E-state index is -0.482. The van der Waals surface area contributed by atoms with Crippen molar-refractivity contribution in [2.24, 2.45) is 0 Å². The highest BCUT2D eigenvalue weighted by molar-refractivity contribution is 5.53. The number of nitriles is 1. The van der Waals surface area contributed by atoms with Crippen LogP contribution in [0, 0.1) is 11.3 Å². The Balaban J connectivity index is 1.64. The van der Waals surface area contributed by atoms with E-state index in [0.29, 0.717) is 12.1 Å². The molecule has 0 radical (unpaired) electrons. The van der Waals surface area contributed by atoms with E-state index < -0.39 is 6.10 Å². The molecular weight excluding hydrogens is 300 g/mol. The number of β-amino-alcohol motifs (C(OH)–C–C–N with tert-alkyl or cyclic N) is 1. The van der Waals surface area contributed by atoms with Gasteiger partial charge in [-0.3, -0.25) is 4.90 Å². The van der Waals surface area contributed by atoms with Gasteiger partial charge in [0.15, 0.2) is 0 Å². The maximum atomic E-state index is 10.4. The Hall–Kier alpha value is -2.42. The van der Waals surface area contributed by atoms with Crippen LogP contribution in [-0.4, -0.2) is 47.2 Å². The fourth-order valence-electron chi connectivity index (χ4n) is 3.20. The summed E-state index contributed by atoms with van der Waals surface area (Å²) in [4.78, 5) is 8.83. The van der Waals surface area contributed by atoms with E-state index in [4.69, 9.17) is 0 Å². The molecule has 124 valence electrons. The molecule has 2 atom stereocenters. The number of piperazine rings is 1. The second kappa shape index (κ2) is 7.43. The third-order valence-corrected chi connectivity index (χ3v) is 4.56. The largest absolute Gasteiger partial charge is 0.387 e. The first-order chi connectivity index (χ1) is 11.7. The molecule has 0 saturated carbocycles. The number of rotatable bonds is 4. The SMILES string of the molecule is C[C@H]1CN(c2ncccc2C#N)CCN1C[C@@H](O)c1ccccc1. The van der Waals surface area contributed by atoms with Gasteiger partial charge in [-0.1, -0.05) is 30.3 Å². The Labute approximate surface area is 142 Å². The maximum absolute atomic E-state index is 10.4. The normalized spacial score (nSPS) is 19.7. The molecule has 0 aliphatic carbocycles. The topological polar surface area (TPSA) is 63.4 Å². The van der Waals surface area contributed by atoms with Gasteiger partial charge in [-0.2, -0.15) is 5.26 Å². The van der Waals surface area contributed by atoms with Gasteiger partial charge in [-0.15, -0.1) is 0 Å². The van der Waals surface area contributed by atoms with E-state index in [9.17, 15) is 10.4 Å². The van der Waals surface area contributed by atoms with E-state index in [2.05, 4.69) is 27.8 Å². The summed E-state index contributed by atoms with van der Waals surface area (Å²) >= 11 is 0. The van der Waals surface area contributed by atoms with Crippen LogP contribution in [0.2, 0.25) is 0 Å². The van der Waals surface area contributed by atoms with Gasteiger partial charge in [0, 0.05) is 38.4 Å². The number of anilines is 1. The molecule has 5 nitrogen and oxygen atoms in total. The fourth-order valence-corrected chi connectivity index (χ4v) is 3.20. The Morgan fingerprint density at radius 3 is 2.75 bits per heavy atom. The van der Waals surface area contributed by atoms with E-state index in [1.54, 1.807) is 18.3 Å². The summed E-state index contributed by atoms with van der Waals surface area (Å²) in [7, 11) is 0. The first-order valence-corrected chi connectivity index (χ1v) is 8.26. The van der Waals surface area contributed by atoms with Crippen LogP contribution in [0.25, 0.3) is 0 Å². The predicted octanol–water partition coefficient (Wildman–Crippen LogP) is 2.20. The highest BCUT2D eigenvalue weighted by Gasteiger charge is 2.27. The number of aliphatic hydroxyl groups excluding tert-OH is 1. The molecule has 1 N–H and O–H groups in total. The third-order valence-electron chi connectivity index (χ3n) is 4.56. The van der Waals surface area contributed by atoms with E-state index >= 15 is 0 Å². The van der Waals surface area contributed by atoms with Crippen LogP contribution in [0.1, 0.15) is 24.2 Å². The molecule has 1 aliphatic heterocycles. The Morgan fingerprint density at radius 2 is 2.04 bits per heavy atom. The summed E-state index contributed by atoms with van der Waals surface area (Å²) < 4.78 is 0. The number of hydrogen-bond donors (Lipinski definition) is 1. The average Bonchev–Trinajstić information content (AvgIpc) is 2.64. The first-order valence-electron chi connectivity index (χ1n) is 8.26. The molecule has 2 aromatic rings. The van der Waals surface area contributed by atoms with Crippen molar-refractivity contribution in [2.75, 3.05) is 31.1 Å². The number of pyridine rings is 1. The zero-order chi connectivity index (χ0) is 16.9. The van der Waals surface area contributed by atoms with Gasteiger partial charge in [-0.25, -0.2) is 4.98 Å². The van der Waals surface area contributed by atoms with Gasteiger partial charge in [0.2, 0.25) is 0 Å². The highest BCUT2D eigenvalue weighted by Crippen LogP contribution is 2.22. The van der Waals surface area contributed by atoms with Crippen molar-refractivity contribution in [1.29, 1.82) is 5.26 Å². The fraction of sp³-hybridized carbons (Fsp3) is 0.368. The second-order valence-corrected chi connectivity index (χ2v) is 6.20. The van der Waals surface area contributed by atoms with Crippen LogP contribution in [0.15, 0.2) is 48.7 Å². The van der Waals surface area contributed by atoms with Crippen LogP contribution >= 0.6 is 0 Å². The predicted molar refractivity (Wildman–Crippen MR) is 93.6 cm³/mol. The Morgan fingerprint density at radius 1 is 1.25 bits per heavy atom. The molecule has 1 aromatic heterocycles. The summed E-state index contributed by atoms with van der Waals surface area (Å²) in [6.45, 7) is 5.21. The molecule has 3 rings (SSSR count). The Kier molecular flexibility index (Phi) is 5.09. The van der Waals surface area contributed by atoms with Gasteiger partial charge in [0.1, 0.15) is 11.9 Å². The molecular formula is C19H22N4O. The molecule has 2 heterocycles. The van der Waals surface area contributed by atoms with Gasteiger partial charge in [0.25, 0.3) is 0 Å². The smallest absolute Gasteiger partial charge is 0.146 e. The molecule has 0 spiro atoms. The molecule has 1 aromatic carbocycles. The first kappa shape index (κ1) is 16.4. The summed E-state index contributed by atoms with van der Waals surface area (Å²) in [6, 6.07) is 15.9. The molecule has 1 saturated heterocycles. The lowest BCUT2D eigenvalue weighted by Gasteiger charge is -2.41. The standard InChI is InChI=1S/C19H22N4O/c1-15-13-23(19-17(12-20)8-5-9-21-19)11-10-22(15)14-18(24)16-6-3-2-4-7-16/h2-9,15,18,24H,10-11,13-14H2,1H3/t15-,18+/m0/s1. The van der Waals surface area contributed by atoms with Crippen molar-refractivity contribution in [1.82, 2.24) is 9.88 Å². The number of aromatic nitrogens is 1. The van der Waals surface area contributed by atoms with Crippen molar-refractivity contribution < 1.29 is 5.11 Å². The van der Waals surface area contributed by atoms with Gasteiger partial charge in [-0.05, 0) is 24.6 Å². The molecule has 1 fully saturated rings. The van der Waals surface area contributed by atoms with E-state index in [-0.39, 0.29) is 6.04 Å². The molecule has 0 unspecified atom stereocenters. The van der Waals surface area contributed by atoms with Gasteiger partial charge >= 0.3 is 0 Å². The van der Waals surface area contributed by atoms with Gasteiger partial charge in [0.05, 0.1) is 11.7 Å². The zero-order valence-corrected chi connectivity index (χ0v) is 13.8. The van der Waals surface area contributed by atoms with Crippen LogP contribution in [0.5, 0.6) is 0 Å². The summed E-state index contributed by atoms with van der Waals surface area (Å²) in [5.41, 5.74) is 1.56.